The number of fused-ring (bicyclic) bond motifs is 1. The largest absolute Gasteiger partial charge is 0.273 e. The molecule has 7 rings (SSSR count). The van der Waals surface area contributed by atoms with Gasteiger partial charge in [-0.2, -0.15) is 0 Å². The first-order valence-corrected chi connectivity index (χ1v) is 10.4. The lowest BCUT2D eigenvalue weighted by Crippen LogP contribution is -2.52. The number of para-hydroxylation sites is 1. The first kappa shape index (κ1) is 17.0. The van der Waals surface area contributed by atoms with Crippen molar-refractivity contribution in [1.29, 1.82) is 0 Å². The van der Waals surface area contributed by atoms with Crippen LogP contribution in [0.1, 0.15) is 46.1 Å². The number of amides is 2. The molecule has 3 aromatic rings. The molecule has 142 valence electrons. The topological polar surface area (TPSA) is 37.4 Å². The Kier molecular flexibility index (Phi) is 3.40. The fourth-order valence-electron chi connectivity index (χ4n) is 5.96. The van der Waals surface area contributed by atoms with Crippen LogP contribution in [-0.4, -0.2) is 17.7 Å². The highest BCUT2D eigenvalue weighted by Gasteiger charge is 2.63. The van der Waals surface area contributed by atoms with Crippen molar-refractivity contribution < 1.29 is 9.59 Å². The molecule has 1 atom stereocenters. The lowest BCUT2D eigenvalue weighted by molar-refractivity contribution is -0.129. The number of imide groups is 1. The maximum Gasteiger partial charge on any atom is 0.248 e. The lowest BCUT2D eigenvalue weighted by Gasteiger charge is -2.50. The molecule has 0 radical (unpaired) electrons. The van der Waals surface area contributed by atoms with Crippen LogP contribution < -0.4 is 4.90 Å². The number of nitrogens with zero attached hydrogens (tertiary/aromatic N) is 1. The molecule has 0 N–H and O–H groups in total. The second-order valence-electron chi connectivity index (χ2n) is 8.10. The Bertz CT molecular complexity index is 1160. The Balaban J connectivity index is 1.68. The number of carbonyl (C=O) groups excluding carboxylic acids is 2. The summed E-state index contributed by atoms with van der Waals surface area (Å²) in [5.74, 6) is -0.679. The van der Waals surface area contributed by atoms with Gasteiger partial charge in [0, 0.05) is 11.8 Å². The number of alkyl halides is 1. The molecule has 1 unspecified atom stereocenters. The van der Waals surface area contributed by atoms with Crippen LogP contribution in [0.15, 0.2) is 72.8 Å². The highest BCUT2D eigenvalue weighted by molar-refractivity contribution is 6.35. The van der Waals surface area contributed by atoms with E-state index in [9.17, 15) is 9.59 Å². The lowest BCUT2D eigenvalue weighted by atomic mass is 9.50. The average molecular weight is 400 g/mol. The Labute approximate surface area is 173 Å². The van der Waals surface area contributed by atoms with Crippen LogP contribution in [-0.2, 0) is 15.0 Å². The summed E-state index contributed by atoms with van der Waals surface area (Å²) in [6.45, 7) is 0. The first-order valence-electron chi connectivity index (χ1n) is 9.89. The van der Waals surface area contributed by atoms with E-state index >= 15 is 0 Å². The third-order valence-corrected chi connectivity index (χ3v) is 7.19. The molecule has 1 spiro atoms. The predicted octanol–water partition coefficient (Wildman–Crippen LogP) is 4.72. The van der Waals surface area contributed by atoms with Crippen LogP contribution in [0.2, 0.25) is 0 Å². The highest BCUT2D eigenvalue weighted by Crippen LogP contribution is 2.65. The highest BCUT2D eigenvalue weighted by atomic mass is 35.5. The standard InChI is InChI=1S/C25H18ClNO2/c26-14-22(28)27-21-12-6-5-11-20(21)25(24(27)29)13-19-15-7-1-3-9-17(15)23(25)18-10-4-2-8-16(18)19/h1-12,19,23H,13-14H2. The summed E-state index contributed by atoms with van der Waals surface area (Å²) < 4.78 is 0. The molecule has 1 aliphatic heterocycles. The van der Waals surface area contributed by atoms with Crippen molar-refractivity contribution in [1.82, 2.24) is 0 Å². The molecular formula is C25H18ClNO2. The van der Waals surface area contributed by atoms with E-state index in [0.717, 1.165) is 5.56 Å². The van der Waals surface area contributed by atoms with Crippen LogP contribution in [0.3, 0.4) is 0 Å². The molecule has 29 heavy (non-hydrogen) atoms. The SMILES string of the molecule is O=C(CCl)N1C(=O)C2(CC3c4ccccc4C2c2ccccc23)c2ccccc21. The van der Waals surface area contributed by atoms with E-state index < -0.39 is 5.41 Å². The van der Waals surface area contributed by atoms with E-state index in [2.05, 4.69) is 36.4 Å². The summed E-state index contributed by atoms with van der Waals surface area (Å²) in [5.41, 5.74) is 5.86. The minimum absolute atomic E-state index is 0.110. The molecule has 4 aliphatic rings. The van der Waals surface area contributed by atoms with Gasteiger partial charge in [0.1, 0.15) is 5.88 Å². The maximum absolute atomic E-state index is 14.0. The van der Waals surface area contributed by atoms with Gasteiger partial charge in [-0.05, 0) is 40.3 Å². The van der Waals surface area contributed by atoms with Crippen molar-refractivity contribution in [3.63, 3.8) is 0 Å². The van der Waals surface area contributed by atoms with Crippen LogP contribution in [0.25, 0.3) is 0 Å². The van der Waals surface area contributed by atoms with Gasteiger partial charge in [-0.25, -0.2) is 4.90 Å². The monoisotopic (exact) mass is 399 g/mol. The number of halogens is 1. The number of rotatable bonds is 1. The zero-order valence-electron chi connectivity index (χ0n) is 15.6. The Morgan fingerprint density at radius 1 is 0.897 bits per heavy atom. The van der Waals surface area contributed by atoms with Gasteiger partial charge in [0.05, 0.1) is 11.1 Å². The fraction of sp³-hybridized carbons (Fsp3) is 0.200. The molecule has 3 nitrogen and oxygen atoms in total. The van der Waals surface area contributed by atoms with Gasteiger partial charge in [0.2, 0.25) is 11.8 Å². The molecular weight excluding hydrogens is 382 g/mol. The van der Waals surface area contributed by atoms with Gasteiger partial charge in [-0.15, -0.1) is 11.6 Å². The second kappa shape index (κ2) is 5.80. The van der Waals surface area contributed by atoms with Crippen LogP contribution in [0.4, 0.5) is 5.69 Å². The van der Waals surface area contributed by atoms with Gasteiger partial charge in [-0.3, -0.25) is 9.59 Å². The molecule has 2 amide bonds. The van der Waals surface area contributed by atoms with Crippen molar-refractivity contribution in [2.75, 3.05) is 10.8 Å². The van der Waals surface area contributed by atoms with E-state index in [1.54, 1.807) is 0 Å². The predicted molar refractivity (Wildman–Crippen MR) is 113 cm³/mol. The van der Waals surface area contributed by atoms with E-state index in [-0.39, 0.29) is 29.5 Å². The summed E-state index contributed by atoms with van der Waals surface area (Å²) >= 11 is 5.89. The molecule has 1 heterocycles. The number of anilines is 1. The van der Waals surface area contributed by atoms with Crippen molar-refractivity contribution in [2.24, 2.45) is 0 Å². The first-order chi connectivity index (χ1) is 14.2. The number of benzene rings is 3. The van der Waals surface area contributed by atoms with Crippen molar-refractivity contribution in [3.05, 3.63) is 101 Å². The maximum atomic E-state index is 14.0. The number of hydrogen-bond donors (Lipinski definition) is 0. The van der Waals surface area contributed by atoms with E-state index in [4.69, 9.17) is 11.6 Å². The van der Waals surface area contributed by atoms with Crippen molar-refractivity contribution >= 4 is 29.1 Å². The fourth-order valence-corrected chi connectivity index (χ4v) is 6.08. The summed E-state index contributed by atoms with van der Waals surface area (Å²) in [4.78, 5) is 28.0. The molecule has 2 bridgehead atoms. The zero-order valence-corrected chi connectivity index (χ0v) is 16.4. The average Bonchev–Trinajstić information content (AvgIpc) is 3.01. The van der Waals surface area contributed by atoms with Gasteiger partial charge >= 0.3 is 0 Å². The van der Waals surface area contributed by atoms with Crippen LogP contribution in [0.5, 0.6) is 0 Å². The molecule has 0 aromatic heterocycles. The van der Waals surface area contributed by atoms with Crippen LogP contribution in [0, 0.1) is 0 Å². The van der Waals surface area contributed by atoms with Gasteiger partial charge in [0.15, 0.2) is 0 Å². The molecule has 3 aliphatic carbocycles. The summed E-state index contributed by atoms with van der Waals surface area (Å²) in [5, 5.41) is 0. The third-order valence-electron chi connectivity index (χ3n) is 6.96. The zero-order chi connectivity index (χ0) is 19.8. The quantitative estimate of drug-likeness (QED) is 0.555. The summed E-state index contributed by atoms with van der Waals surface area (Å²) in [7, 11) is 0. The molecule has 0 fully saturated rings. The Morgan fingerprint density at radius 2 is 1.45 bits per heavy atom. The molecule has 4 heteroatoms. The van der Waals surface area contributed by atoms with Crippen molar-refractivity contribution in [2.45, 2.75) is 23.7 Å². The van der Waals surface area contributed by atoms with E-state index in [1.807, 2.05) is 36.4 Å². The second-order valence-corrected chi connectivity index (χ2v) is 8.37. The van der Waals surface area contributed by atoms with Crippen molar-refractivity contribution in [3.8, 4) is 0 Å². The normalized spacial score (nSPS) is 25.7. The van der Waals surface area contributed by atoms with E-state index in [0.29, 0.717) is 12.1 Å². The summed E-state index contributed by atoms with van der Waals surface area (Å²) in [6, 6.07) is 24.6. The minimum atomic E-state index is -0.772. The van der Waals surface area contributed by atoms with Gasteiger partial charge in [-0.1, -0.05) is 66.7 Å². The Morgan fingerprint density at radius 3 is 2.07 bits per heavy atom. The molecule has 0 saturated heterocycles. The number of carbonyl (C=O) groups is 2. The summed E-state index contributed by atoms with van der Waals surface area (Å²) in [6.07, 6.45) is 0.674. The Hall–Kier alpha value is -2.91. The number of hydrogen-bond acceptors (Lipinski definition) is 2. The molecule has 0 saturated carbocycles. The van der Waals surface area contributed by atoms with E-state index in [1.165, 1.54) is 27.2 Å². The molecule has 3 aromatic carbocycles. The third kappa shape index (κ3) is 1.94. The van der Waals surface area contributed by atoms with Crippen LogP contribution >= 0.6 is 11.6 Å². The minimum Gasteiger partial charge on any atom is -0.273 e. The smallest absolute Gasteiger partial charge is 0.248 e. The van der Waals surface area contributed by atoms with Gasteiger partial charge in [0.25, 0.3) is 0 Å². The van der Waals surface area contributed by atoms with Gasteiger partial charge < -0.3 is 0 Å².